The summed E-state index contributed by atoms with van der Waals surface area (Å²) in [5, 5.41) is 21.5. The number of likely N-dealkylation sites (tertiary alicyclic amines) is 1. The third kappa shape index (κ3) is 7.07. The first kappa shape index (κ1) is 23.8. The highest BCUT2D eigenvalue weighted by Crippen LogP contribution is 2.25. The minimum Gasteiger partial charge on any atom is -0.494 e. The van der Waals surface area contributed by atoms with Crippen LogP contribution in [0.2, 0.25) is 0 Å². The maximum Gasteiger partial charge on any atom is 0.328 e. The SMILES string of the molecule is COc1ccc(CNC(=O)N2CC3CNCC(C3)C2=O)cc1F.O=C(O)/C=C/C(=O)O. The number of nitrogens with one attached hydrogen (secondary N) is 2. The number of carbonyl (C=O) groups is 4. The first-order chi connectivity index (χ1) is 14.7. The Morgan fingerprint density at radius 1 is 1.26 bits per heavy atom. The highest BCUT2D eigenvalue weighted by atomic mass is 19.1. The smallest absolute Gasteiger partial charge is 0.328 e. The number of amides is 3. The Bertz CT molecular complexity index is 858. The fraction of sp³-hybridized carbons (Fsp3) is 0.400. The van der Waals surface area contributed by atoms with E-state index in [1.807, 2.05) is 0 Å². The number of ether oxygens (including phenoxy) is 1. The first-order valence-electron chi connectivity index (χ1n) is 9.47. The number of hydrogen-bond acceptors (Lipinski definition) is 6. The molecular weight excluding hydrogens is 413 g/mol. The van der Waals surface area contributed by atoms with Gasteiger partial charge in [-0.25, -0.2) is 18.8 Å². The van der Waals surface area contributed by atoms with Crippen LogP contribution in [0.3, 0.4) is 0 Å². The molecule has 1 aromatic rings. The number of aliphatic carboxylic acids is 2. The Labute approximate surface area is 177 Å². The van der Waals surface area contributed by atoms with Gasteiger partial charge < -0.3 is 25.6 Å². The van der Waals surface area contributed by atoms with E-state index in [4.69, 9.17) is 14.9 Å². The number of carboxylic acids is 2. The lowest BCUT2D eigenvalue weighted by atomic mass is 9.85. The quantitative estimate of drug-likeness (QED) is 0.496. The molecule has 3 amide bonds. The number of nitrogens with zero attached hydrogens (tertiary/aromatic N) is 1. The second-order valence-electron chi connectivity index (χ2n) is 7.04. The highest BCUT2D eigenvalue weighted by molar-refractivity contribution is 5.96. The summed E-state index contributed by atoms with van der Waals surface area (Å²) < 4.78 is 18.5. The number of carboxylic acid groups (broad SMARTS) is 2. The molecule has 2 aliphatic rings. The van der Waals surface area contributed by atoms with E-state index in [1.165, 1.54) is 24.1 Å². The van der Waals surface area contributed by atoms with Crippen LogP contribution in [0.15, 0.2) is 30.4 Å². The molecule has 11 heteroatoms. The molecule has 0 spiro atoms. The average Bonchev–Trinajstić information content (AvgIpc) is 2.74. The number of urea groups is 1. The van der Waals surface area contributed by atoms with Crippen LogP contribution in [0, 0.1) is 17.7 Å². The Morgan fingerprint density at radius 3 is 2.52 bits per heavy atom. The van der Waals surface area contributed by atoms with Crippen LogP contribution in [0.1, 0.15) is 12.0 Å². The van der Waals surface area contributed by atoms with Crippen molar-refractivity contribution in [1.82, 2.24) is 15.5 Å². The number of hydrogen-bond donors (Lipinski definition) is 4. The van der Waals surface area contributed by atoms with Gasteiger partial charge >= 0.3 is 18.0 Å². The molecular formula is C20H24FN3O7. The monoisotopic (exact) mass is 437 g/mol. The Kier molecular flexibility index (Phi) is 8.50. The molecule has 2 unspecified atom stereocenters. The summed E-state index contributed by atoms with van der Waals surface area (Å²) in [5.41, 5.74) is 0.614. The molecule has 0 radical (unpaired) electrons. The highest BCUT2D eigenvalue weighted by Gasteiger charge is 2.39. The van der Waals surface area contributed by atoms with Gasteiger partial charge in [-0.1, -0.05) is 6.07 Å². The maximum atomic E-state index is 13.6. The molecule has 2 fully saturated rings. The third-order valence-corrected chi connectivity index (χ3v) is 4.77. The fourth-order valence-corrected chi connectivity index (χ4v) is 3.35. The van der Waals surface area contributed by atoms with Crippen LogP contribution in [0.4, 0.5) is 9.18 Å². The number of methoxy groups -OCH3 is 1. The van der Waals surface area contributed by atoms with Crippen LogP contribution >= 0.6 is 0 Å². The largest absolute Gasteiger partial charge is 0.494 e. The van der Waals surface area contributed by atoms with Crippen molar-refractivity contribution in [3.8, 4) is 5.75 Å². The minimum atomic E-state index is -1.26. The molecule has 2 aliphatic heterocycles. The Morgan fingerprint density at radius 2 is 1.94 bits per heavy atom. The number of fused-ring (bicyclic) bond motifs is 2. The molecule has 2 heterocycles. The number of halogens is 1. The molecule has 1 aromatic carbocycles. The number of benzene rings is 1. The van der Waals surface area contributed by atoms with Crippen molar-refractivity contribution < 1.29 is 38.5 Å². The van der Waals surface area contributed by atoms with Crippen LogP contribution in [-0.4, -0.2) is 65.7 Å². The molecule has 2 bridgehead atoms. The lowest BCUT2D eigenvalue weighted by molar-refractivity contribution is -0.137. The summed E-state index contributed by atoms with van der Waals surface area (Å²) >= 11 is 0. The van der Waals surface area contributed by atoms with Crippen LogP contribution in [-0.2, 0) is 20.9 Å². The summed E-state index contributed by atoms with van der Waals surface area (Å²) in [4.78, 5) is 44.9. The van der Waals surface area contributed by atoms with Gasteiger partial charge in [-0.05, 0) is 36.6 Å². The lowest BCUT2D eigenvalue weighted by Crippen LogP contribution is -2.58. The van der Waals surface area contributed by atoms with Crippen molar-refractivity contribution in [2.75, 3.05) is 26.7 Å². The minimum absolute atomic E-state index is 0.119. The predicted octanol–water partition coefficient (Wildman–Crippen LogP) is 0.824. The molecule has 2 atom stereocenters. The van der Waals surface area contributed by atoms with E-state index < -0.39 is 23.8 Å². The average molecular weight is 437 g/mol. The van der Waals surface area contributed by atoms with Crippen LogP contribution in [0.5, 0.6) is 5.75 Å². The molecule has 168 valence electrons. The summed E-state index contributed by atoms with van der Waals surface area (Å²) in [7, 11) is 1.40. The van der Waals surface area contributed by atoms with Gasteiger partial charge in [-0.3, -0.25) is 9.69 Å². The lowest BCUT2D eigenvalue weighted by Gasteiger charge is -2.39. The topological polar surface area (TPSA) is 145 Å². The van der Waals surface area contributed by atoms with Crippen molar-refractivity contribution in [3.05, 3.63) is 41.7 Å². The molecule has 31 heavy (non-hydrogen) atoms. The van der Waals surface area contributed by atoms with Crippen LogP contribution < -0.4 is 15.4 Å². The van der Waals surface area contributed by atoms with E-state index in [2.05, 4.69) is 10.6 Å². The van der Waals surface area contributed by atoms with Crippen molar-refractivity contribution in [1.29, 1.82) is 0 Å². The van der Waals surface area contributed by atoms with Crippen LogP contribution in [0.25, 0.3) is 0 Å². The van der Waals surface area contributed by atoms with Gasteiger partial charge in [0.05, 0.1) is 13.0 Å². The van der Waals surface area contributed by atoms with E-state index >= 15 is 0 Å². The summed E-state index contributed by atoms with van der Waals surface area (Å²) in [5.74, 6) is -2.77. The van der Waals surface area contributed by atoms with E-state index in [0.717, 1.165) is 13.0 Å². The van der Waals surface area contributed by atoms with Gasteiger partial charge in [0, 0.05) is 31.8 Å². The van der Waals surface area contributed by atoms with Gasteiger partial charge in [0.2, 0.25) is 5.91 Å². The summed E-state index contributed by atoms with van der Waals surface area (Å²) in [6.45, 7) is 2.06. The second kappa shape index (κ2) is 11.1. The zero-order chi connectivity index (χ0) is 23.0. The molecule has 10 nitrogen and oxygen atoms in total. The van der Waals surface area contributed by atoms with E-state index in [-0.39, 0.29) is 24.1 Å². The molecule has 2 saturated heterocycles. The molecule has 0 aliphatic carbocycles. The van der Waals surface area contributed by atoms with Crippen molar-refractivity contribution >= 4 is 23.9 Å². The van der Waals surface area contributed by atoms with Gasteiger partial charge in [0.1, 0.15) is 0 Å². The summed E-state index contributed by atoms with van der Waals surface area (Å²) in [6.07, 6.45) is 1.96. The number of carbonyl (C=O) groups excluding carboxylic acids is 2. The molecule has 3 rings (SSSR count). The van der Waals surface area contributed by atoms with E-state index in [1.54, 1.807) is 6.07 Å². The van der Waals surface area contributed by atoms with E-state index in [9.17, 15) is 23.6 Å². The second-order valence-corrected chi connectivity index (χ2v) is 7.04. The molecule has 0 saturated carbocycles. The van der Waals surface area contributed by atoms with Crippen molar-refractivity contribution in [2.45, 2.75) is 13.0 Å². The van der Waals surface area contributed by atoms with Gasteiger partial charge in [-0.2, -0.15) is 0 Å². The Balaban J connectivity index is 0.000000366. The first-order valence-corrected chi connectivity index (χ1v) is 9.47. The number of rotatable bonds is 5. The van der Waals surface area contributed by atoms with Gasteiger partial charge in [0.15, 0.2) is 11.6 Å². The van der Waals surface area contributed by atoms with Crippen molar-refractivity contribution in [3.63, 3.8) is 0 Å². The maximum absolute atomic E-state index is 13.6. The molecule has 4 N–H and O–H groups in total. The third-order valence-electron chi connectivity index (χ3n) is 4.77. The van der Waals surface area contributed by atoms with Gasteiger partial charge in [0.25, 0.3) is 0 Å². The number of piperidine rings is 2. The van der Waals surface area contributed by atoms with Gasteiger partial charge in [-0.15, -0.1) is 0 Å². The molecule has 0 aromatic heterocycles. The zero-order valence-corrected chi connectivity index (χ0v) is 16.8. The standard InChI is InChI=1S/C16H20FN3O3.C4H4O4/c1-23-14-3-2-10(5-13(14)17)7-19-16(22)20-9-11-4-12(15(20)21)8-18-6-11;5-3(6)1-2-4(7)8/h2-3,5,11-12,18H,4,6-9H2,1H3,(H,19,22);1-2H,(H,5,6)(H,7,8)/b;2-1+. The zero-order valence-electron chi connectivity index (χ0n) is 16.8. The number of imide groups is 1. The summed E-state index contributed by atoms with van der Waals surface area (Å²) in [6, 6.07) is 4.09. The fourth-order valence-electron chi connectivity index (χ4n) is 3.35. The van der Waals surface area contributed by atoms with E-state index in [0.29, 0.717) is 36.7 Å². The normalized spacial score (nSPS) is 19.9. The van der Waals surface area contributed by atoms with Crippen molar-refractivity contribution in [2.24, 2.45) is 11.8 Å². The predicted molar refractivity (Wildman–Crippen MR) is 106 cm³/mol. The Hall–Kier alpha value is -3.47.